The molecule has 5 heterocycles. The highest BCUT2D eigenvalue weighted by atomic mass is 16.4. The minimum Gasteiger partial charge on any atom is -0.419 e. The third kappa shape index (κ3) is 2.66. The van der Waals surface area contributed by atoms with Crippen LogP contribution >= 0.6 is 0 Å². The number of nitrogens with one attached hydrogen (secondary N) is 2. The Morgan fingerprint density at radius 1 is 0.935 bits per heavy atom. The van der Waals surface area contributed by atoms with Crippen LogP contribution in [0.15, 0.2) is 53.2 Å². The first-order valence-corrected chi connectivity index (χ1v) is 11.0. The minimum absolute atomic E-state index is 0.552. The summed E-state index contributed by atoms with van der Waals surface area (Å²) in [5, 5.41) is 18.4. The van der Waals surface area contributed by atoms with Crippen LogP contribution in [0.5, 0.6) is 0 Å². The zero-order chi connectivity index (χ0) is 20.4. The number of aromatic nitrogens is 5. The molecule has 0 unspecified atom stereocenters. The molecule has 0 aliphatic carbocycles. The second-order valence-corrected chi connectivity index (χ2v) is 8.74. The molecule has 2 aromatic carbocycles. The summed E-state index contributed by atoms with van der Waals surface area (Å²) in [6, 6.07) is 14.0. The normalized spacial score (nSPS) is 21.0. The van der Waals surface area contributed by atoms with Crippen molar-refractivity contribution in [3.63, 3.8) is 0 Å². The Hall–Kier alpha value is -3.45. The van der Waals surface area contributed by atoms with E-state index >= 15 is 0 Å². The van der Waals surface area contributed by atoms with Gasteiger partial charge in [-0.25, -0.2) is 0 Å². The average molecular weight is 410 g/mol. The highest BCUT2D eigenvalue weighted by molar-refractivity contribution is 6.01. The van der Waals surface area contributed by atoms with E-state index < -0.39 is 0 Å². The fourth-order valence-corrected chi connectivity index (χ4v) is 5.58. The van der Waals surface area contributed by atoms with Gasteiger partial charge in [-0.1, -0.05) is 12.1 Å². The maximum atomic E-state index is 6.19. The van der Waals surface area contributed by atoms with Gasteiger partial charge in [0, 0.05) is 34.6 Å². The quantitative estimate of drug-likeness (QED) is 0.441. The van der Waals surface area contributed by atoms with Crippen molar-refractivity contribution >= 4 is 21.8 Å². The van der Waals surface area contributed by atoms with E-state index in [4.69, 9.17) is 4.42 Å². The van der Waals surface area contributed by atoms with Gasteiger partial charge in [-0.2, -0.15) is 5.10 Å². The van der Waals surface area contributed by atoms with E-state index in [0.29, 0.717) is 23.9 Å². The second-order valence-electron chi connectivity index (χ2n) is 8.74. The second kappa shape index (κ2) is 6.52. The lowest BCUT2D eigenvalue weighted by Gasteiger charge is -2.18. The SMILES string of the molecule is c1cc(-c2cc(-c3nnc(CN4C5CCC4CC5)o3)c3cn[nH]c3c2)c2cc[nH]c2c1. The highest BCUT2D eigenvalue weighted by Crippen LogP contribution is 2.39. The molecule has 2 aliphatic heterocycles. The van der Waals surface area contributed by atoms with Crippen molar-refractivity contribution in [3.8, 4) is 22.6 Å². The number of fused-ring (bicyclic) bond motifs is 4. The van der Waals surface area contributed by atoms with E-state index in [1.54, 1.807) is 0 Å². The summed E-state index contributed by atoms with van der Waals surface area (Å²) in [6.45, 7) is 0.749. The standard InChI is InChI=1S/C24H22N6O/c1-2-17(18-8-9-25-21(18)3-1)14-10-19(20-12-26-27-22(20)11-14)24-29-28-23(31-24)13-30-15-4-5-16(30)7-6-15/h1-3,8-12,15-16,25H,4-7,13H2,(H,26,27). The summed E-state index contributed by atoms with van der Waals surface area (Å²) in [5.74, 6) is 1.25. The van der Waals surface area contributed by atoms with Crippen LogP contribution in [0.25, 0.3) is 44.4 Å². The van der Waals surface area contributed by atoms with Crippen molar-refractivity contribution in [2.24, 2.45) is 0 Å². The number of nitrogens with zero attached hydrogens (tertiary/aromatic N) is 4. The van der Waals surface area contributed by atoms with E-state index in [0.717, 1.165) is 39.7 Å². The first kappa shape index (κ1) is 17.3. The number of benzene rings is 2. The summed E-state index contributed by atoms with van der Waals surface area (Å²) in [7, 11) is 0. The summed E-state index contributed by atoms with van der Waals surface area (Å²) in [6.07, 6.45) is 9.00. The molecule has 7 rings (SSSR count). The molecule has 7 nitrogen and oxygen atoms in total. The van der Waals surface area contributed by atoms with Gasteiger partial charge in [0.05, 0.1) is 23.8 Å². The van der Waals surface area contributed by atoms with Gasteiger partial charge in [-0.15, -0.1) is 10.2 Å². The van der Waals surface area contributed by atoms with Gasteiger partial charge < -0.3 is 9.40 Å². The zero-order valence-electron chi connectivity index (χ0n) is 17.0. The largest absolute Gasteiger partial charge is 0.419 e. The fraction of sp³-hybridized carbons (Fsp3) is 0.292. The van der Waals surface area contributed by atoms with Gasteiger partial charge in [0.15, 0.2) is 0 Å². The minimum atomic E-state index is 0.552. The van der Waals surface area contributed by atoms with Crippen LogP contribution in [-0.2, 0) is 6.54 Å². The van der Waals surface area contributed by atoms with Gasteiger partial charge in [0.2, 0.25) is 11.8 Å². The molecule has 2 N–H and O–H groups in total. The maximum Gasteiger partial charge on any atom is 0.248 e. The topological polar surface area (TPSA) is 86.6 Å². The number of H-pyrrole nitrogens is 2. The first-order chi connectivity index (χ1) is 15.3. The third-order valence-electron chi connectivity index (χ3n) is 7.08. The summed E-state index contributed by atoms with van der Waals surface area (Å²) in [4.78, 5) is 5.84. The van der Waals surface area contributed by atoms with Crippen LogP contribution in [0.2, 0.25) is 0 Å². The lowest BCUT2D eigenvalue weighted by Crippen LogP contribution is -2.27. The molecular weight excluding hydrogens is 388 g/mol. The van der Waals surface area contributed by atoms with Crippen LogP contribution in [0.4, 0.5) is 0 Å². The molecule has 0 spiro atoms. The summed E-state index contributed by atoms with van der Waals surface area (Å²) >= 11 is 0. The Morgan fingerprint density at radius 3 is 2.68 bits per heavy atom. The lowest BCUT2D eigenvalue weighted by atomic mass is 9.98. The van der Waals surface area contributed by atoms with Crippen molar-refractivity contribution in [1.82, 2.24) is 30.3 Å². The highest BCUT2D eigenvalue weighted by Gasteiger charge is 2.39. The third-order valence-corrected chi connectivity index (χ3v) is 7.08. The molecule has 2 aliphatic rings. The van der Waals surface area contributed by atoms with E-state index in [1.165, 1.54) is 31.1 Å². The van der Waals surface area contributed by atoms with Gasteiger partial charge >= 0.3 is 0 Å². The molecule has 5 aromatic rings. The Labute approximate surface area is 178 Å². The van der Waals surface area contributed by atoms with E-state index in [9.17, 15) is 0 Å². The van der Waals surface area contributed by atoms with Crippen LogP contribution in [-0.4, -0.2) is 42.4 Å². The van der Waals surface area contributed by atoms with Crippen molar-refractivity contribution < 1.29 is 4.42 Å². The molecule has 2 saturated heterocycles. The number of aromatic amines is 2. The van der Waals surface area contributed by atoms with Crippen molar-refractivity contribution in [2.45, 2.75) is 44.3 Å². The van der Waals surface area contributed by atoms with Crippen LogP contribution in [0.3, 0.4) is 0 Å². The first-order valence-electron chi connectivity index (χ1n) is 11.0. The average Bonchev–Trinajstić information content (AvgIpc) is 3.62. The van der Waals surface area contributed by atoms with Crippen LogP contribution < -0.4 is 0 Å². The van der Waals surface area contributed by atoms with Crippen molar-refractivity contribution in [2.75, 3.05) is 0 Å². The molecule has 0 atom stereocenters. The van der Waals surface area contributed by atoms with Crippen molar-refractivity contribution in [1.29, 1.82) is 0 Å². The molecule has 7 heteroatoms. The maximum absolute atomic E-state index is 6.19. The Morgan fingerprint density at radius 2 is 1.81 bits per heavy atom. The van der Waals surface area contributed by atoms with Gasteiger partial charge in [-0.05, 0) is 61.1 Å². The zero-order valence-corrected chi connectivity index (χ0v) is 17.0. The van der Waals surface area contributed by atoms with Gasteiger partial charge in [0.25, 0.3) is 0 Å². The lowest BCUT2D eigenvalue weighted by molar-refractivity contribution is 0.220. The Bertz CT molecular complexity index is 1390. The van der Waals surface area contributed by atoms with Gasteiger partial charge in [0.1, 0.15) is 0 Å². The molecule has 0 amide bonds. The molecule has 2 fully saturated rings. The monoisotopic (exact) mass is 410 g/mol. The van der Waals surface area contributed by atoms with Crippen LogP contribution in [0, 0.1) is 0 Å². The number of rotatable bonds is 4. The molecule has 31 heavy (non-hydrogen) atoms. The fourth-order valence-electron chi connectivity index (χ4n) is 5.58. The molecular formula is C24H22N6O. The summed E-state index contributed by atoms with van der Waals surface area (Å²) in [5.41, 5.74) is 5.23. The molecule has 3 aromatic heterocycles. The predicted molar refractivity (Wildman–Crippen MR) is 118 cm³/mol. The molecule has 154 valence electrons. The van der Waals surface area contributed by atoms with E-state index in [2.05, 4.69) is 66.7 Å². The Balaban J connectivity index is 1.31. The van der Waals surface area contributed by atoms with Crippen LogP contribution in [0.1, 0.15) is 31.6 Å². The smallest absolute Gasteiger partial charge is 0.248 e. The molecule has 0 saturated carbocycles. The number of hydrogen-bond acceptors (Lipinski definition) is 5. The molecule has 0 radical (unpaired) electrons. The van der Waals surface area contributed by atoms with Crippen molar-refractivity contribution in [3.05, 3.63) is 54.7 Å². The van der Waals surface area contributed by atoms with E-state index in [-0.39, 0.29) is 0 Å². The Kier molecular flexibility index (Phi) is 3.63. The molecule has 2 bridgehead atoms. The number of hydrogen-bond donors (Lipinski definition) is 2. The summed E-state index contributed by atoms with van der Waals surface area (Å²) < 4.78 is 6.19. The van der Waals surface area contributed by atoms with Gasteiger partial charge in [-0.3, -0.25) is 10.00 Å². The van der Waals surface area contributed by atoms with E-state index in [1.807, 2.05) is 12.4 Å². The predicted octanol–water partition coefficient (Wildman–Crippen LogP) is 4.89.